The zero-order valence-electron chi connectivity index (χ0n) is 19.7. The molecule has 1 amide bonds. The molecule has 2 aliphatic rings. The summed E-state index contributed by atoms with van der Waals surface area (Å²) >= 11 is 0. The molecule has 2 saturated heterocycles. The topological polar surface area (TPSA) is 62.6 Å². The molecule has 2 aliphatic heterocycles. The average Bonchev–Trinajstić information content (AvgIpc) is 3.42. The molecular formula is C25H37N5O2. The summed E-state index contributed by atoms with van der Waals surface area (Å²) in [7, 11) is 1.78. The van der Waals surface area contributed by atoms with E-state index in [0.717, 1.165) is 58.4 Å². The lowest BCUT2D eigenvalue weighted by atomic mass is 9.88. The van der Waals surface area contributed by atoms with E-state index in [-0.39, 0.29) is 17.6 Å². The van der Waals surface area contributed by atoms with Gasteiger partial charge in [-0.2, -0.15) is 5.10 Å². The highest BCUT2D eigenvalue weighted by molar-refractivity contribution is 5.92. The van der Waals surface area contributed by atoms with Crippen molar-refractivity contribution in [2.45, 2.75) is 57.8 Å². The maximum Gasteiger partial charge on any atom is 0.269 e. The van der Waals surface area contributed by atoms with Gasteiger partial charge in [-0.15, -0.1) is 0 Å². The Morgan fingerprint density at radius 2 is 1.88 bits per heavy atom. The van der Waals surface area contributed by atoms with Gasteiger partial charge in [0.05, 0.1) is 11.7 Å². The number of aromatic nitrogens is 2. The molecule has 0 aliphatic carbocycles. The van der Waals surface area contributed by atoms with Crippen molar-refractivity contribution in [3.8, 4) is 0 Å². The number of aryl methyl sites for hydroxylation is 1. The number of ether oxygens (including phenoxy) is 1. The van der Waals surface area contributed by atoms with Crippen LogP contribution < -0.4 is 10.2 Å². The molecule has 1 aromatic heterocycles. The standard InChI is InChI=1S/C25H37N5O2/c1-4-30(5-2)21-8-6-20(7-9-21)19-29-16-13-25(14-17-29)12-10-22(32-25)18-26-24(31)23-11-15-27-28(23)3/h6-9,11,15,22H,4-5,10,12-14,16-19H2,1-3H3,(H,26,31). The summed E-state index contributed by atoms with van der Waals surface area (Å²) in [6.07, 6.45) is 5.98. The molecule has 32 heavy (non-hydrogen) atoms. The SMILES string of the molecule is CCN(CC)c1ccc(CN2CCC3(CCC(CNC(=O)c4ccnn4C)O3)CC2)cc1. The summed E-state index contributed by atoms with van der Waals surface area (Å²) in [6, 6.07) is 10.8. The Hall–Kier alpha value is -2.38. The average molecular weight is 440 g/mol. The lowest BCUT2D eigenvalue weighted by Gasteiger charge is -2.39. The number of amides is 1. The van der Waals surface area contributed by atoms with Gasteiger partial charge in [0, 0.05) is 58.2 Å². The molecule has 2 aromatic rings. The van der Waals surface area contributed by atoms with Gasteiger partial charge < -0.3 is 15.0 Å². The van der Waals surface area contributed by atoms with Crippen LogP contribution in [0.15, 0.2) is 36.5 Å². The van der Waals surface area contributed by atoms with E-state index in [0.29, 0.717) is 12.2 Å². The highest BCUT2D eigenvalue weighted by Crippen LogP contribution is 2.39. The summed E-state index contributed by atoms with van der Waals surface area (Å²) in [5, 5.41) is 7.07. The quantitative estimate of drug-likeness (QED) is 0.684. The fourth-order valence-electron chi connectivity index (χ4n) is 5.08. The summed E-state index contributed by atoms with van der Waals surface area (Å²) in [6.45, 7) is 10.2. The number of likely N-dealkylation sites (tertiary alicyclic amines) is 1. The van der Waals surface area contributed by atoms with Gasteiger partial charge in [-0.3, -0.25) is 14.4 Å². The highest BCUT2D eigenvalue weighted by atomic mass is 16.5. The largest absolute Gasteiger partial charge is 0.372 e. The van der Waals surface area contributed by atoms with Gasteiger partial charge in [0.25, 0.3) is 5.91 Å². The van der Waals surface area contributed by atoms with Crippen LogP contribution in [0.4, 0.5) is 5.69 Å². The lowest BCUT2D eigenvalue weighted by Crippen LogP contribution is -2.44. The second-order valence-electron chi connectivity index (χ2n) is 9.13. The first-order valence-electron chi connectivity index (χ1n) is 12.0. The van der Waals surface area contributed by atoms with Gasteiger partial charge in [-0.05, 0) is 63.3 Å². The van der Waals surface area contributed by atoms with E-state index < -0.39 is 0 Å². The van der Waals surface area contributed by atoms with E-state index in [1.54, 1.807) is 24.0 Å². The Morgan fingerprint density at radius 1 is 1.16 bits per heavy atom. The van der Waals surface area contributed by atoms with E-state index in [1.165, 1.54) is 11.3 Å². The van der Waals surface area contributed by atoms with Crippen molar-refractivity contribution >= 4 is 11.6 Å². The van der Waals surface area contributed by atoms with Crippen LogP contribution in [0.1, 0.15) is 55.6 Å². The zero-order valence-corrected chi connectivity index (χ0v) is 19.7. The number of nitrogens with one attached hydrogen (secondary N) is 1. The molecule has 1 unspecified atom stereocenters. The lowest BCUT2D eigenvalue weighted by molar-refractivity contribution is -0.0764. The number of rotatable bonds is 8. The van der Waals surface area contributed by atoms with Gasteiger partial charge >= 0.3 is 0 Å². The molecule has 2 fully saturated rings. The van der Waals surface area contributed by atoms with Gasteiger partial charge in [0.1, 0.15) is 5.69 Å². The number of carbonyl (C=O) groups excluding carboxylic acids is 1. The maximum absolute atomic E-state index is 12.3. The van der Waals surface area contributed by atoms with Gasteiger partial charge in [-0.1, -0.05) is 12.1 Å². The molecule has 4 rings (SSSR count). The monoisotopic (exact) mass is 439 g/mol. The maximum atomic E-state index is 12.3. The van der Waals surface area contributed by atoms with Crippen molar-refractivity contribution in [2.24, 2.45) is 7.05 Å². The summed E-state index contributed by atoms with van der Waals surface area (Å²) in [4.78, 5) is 17.2. The second kappa shape index (κ2) is 10.0. The van der Waals surface area contributed by atoms with Crippen LogP contribution in [0.5, 0.6) is 0 Å². The summed E-state index contributed by atoms with van der Waals surface area (Å²) in [5.41, 5.74) is 3.25. The smallest absolute Gasteiger partial charge is 0.269 e. The van der Waals surface area contributed by atoms with E-state index in [1.807, 2.05) is 0 Å². The molecule has 0 bridgehead atoms. The molecule has 174 valence electrons. The Morgan fingerprint density at radius 3 is 2.50 bits per heavy atom. The first-order chi connectivity index (χ1) is 15.5. The number of carbonyl (C=O) groups is 1. The number of hydrogen-bond acceptors (Lipinski definition) is 5. The third kappa shape index (κ3) is 5.15. The molecule has 1 spiro atoms. The summed E-state index contributed by atoms with van der Waals surface area (Å²) in [5.74, 6) is -0.0867. The minimum absolute atomic E-state index is 0.00889. The molecule has 0 saturated carbocycles. The van der Waals surface area contributed by atoms with Crippen LogP contribution in [-0.4, -0.2) is 65.0 Å². The number of hydrogen-bond donors (Lipinski definition) is 1. The fraction of sp³-hybridized carbons (Fsp3) is 0.600. The van der Waals surface area contributed by atoms with Crippen molar-refractivity contribution in [1.29, 1.82) is 0 Å². The van der Waals surface area contributed by atoms with E-state index >= 15 is 0 Å². The molecular weight excluding hydrogens is 402 g/mol. The van der Waals surface area contributed by atoms with Gasteiger partial charge in [-0.25, -0.2) is 0 Å². The number of benzene rings is 1. The third-order valence-electron chi connectivity index (χ3n) is 7.12. The van der Waals surface area contributed by atoms with Crippen LogP contribution in [0.3, 0.4) is 0 Å². The Balaban J connectivity index is 1.22. The van der Waals surface area contributed by atoms with Crippen LogP contribution in [0, 0.1) is 0 Å². The zero-order chi connectivity index (χ0) is 22.6. The van der Waals surface area contributed by atoms with Crippen molar-refractivity contribution < 1.29 is 9.53 Å². The number of anilines is 1. The molecule has 7 nitrogen and oxygen atoms in total. The number of piperidine rings is 1. The van der Waals surface area contributed by atoms with Crippen molar-refractivity contribution in [1.82, 2.24) is 20.0 Å². The predicted molar refractivity (Wildman–Crippen MR) is 127 cm³/mol. The first kappa shape index (κ1) is 22.8. The number of nitrogens with zero attached hydrogens (tertiary/aromatic N) is 4. The molecule has 1 aromatic carbocycles. The third-order valence-corrected chi connectivity index (χ3v) is 7.12. The Bertz CT molecular complexity index is 882. The minimum Gasteiger partial charge on any atom is -0.372 e. The van der Waals surface area contributed by atoms with Gasteiger partial charge in [0.15, 0.2) is 0 Å². The van der Waals surface area contributed by atoms with Gasteiger partial charge in [0.2, 0.25) is 0 Å². The fourth-order valence-corrected chi connectivity index (χ4v) is 5.08. The van der Waals surface area contributed by atoms with Crippen LogP contribution in [0.2, 0.25) is 0 Å². The highest BCUT2D eigenvalue weighted by Gasteiger charge is 2.42. The predicted octanol–water partition coefficient (Wildman–Crippen LogP) is 3.21. The van der Waals surface area contributed by atoms with Crippen LogP contribution in [-0.2, 0) is 18.3 Å². The Kier molecular flexibility index (Phi) is 7.16. The van der Waals surface area contributed by atoms with E-state index in [9.17, 15) is 4.79 Å². The second-order valence-corrected chi connectivity index (χ2v) is 9.13. The molecule has 1 N–H and O–H groups in total. The van der Waals surface area contributed by atoms with Crippen LogP contribution >= 0.6 is 0 Å². The summed E-state index contributed by atoms with van der Waals surface area (Å²) < 4.78 is 8.08. The molecule has 7 heteroatoms. The van der Waals surface area contributed by atoms with Crippen LogP contribution in [0.25, 0.3) is 0 Å². The molecule has 0 radical (unpaired) electrons. The van der Waals surface area contributed by atoms with E-state index in [4.69, 9.17) is 4.74 Å². The van der Waals surface area contributed by atoms with Crippen molar-refractivity contribution in [3.63, 3.8) is 0 Å². The molecule has 3 heterocycles. The van der Waals surface area contributed by atoms with E-state index in [2.05, 4.69) is 58.3 Å². The minimum atomic E-state index is -0.0867. The normalized spacial score (nSPS) is 20.5. The Labute approximate surface area is 191 Å². The first-order valence-corrected chi connectivity index (χ1v) is 12.0. The van der Waals surface area contributed by atoms with Crippen molar-refractivity contribution in [3.05, 3.63) is 47.8 Å². The molecule has 1 atom stereocenters. The van der Waals surface area contributed by atoms with Crippen molar-refractivity contribution in [2.75, 3.05) is 37.6 Å².